The van der Waals surface area contributed by atoms with Gasteiger partial charge in [-0.15, -0.1) is 22.9 Å². The summed E-state index contributed by atoms with van der Waals surface area (Å²) in [5.41, 5.74) is 0.913. The first-order valence-electron chi connectivity index (χ1n) is 5.94. The van der Waals surface area contributed by atoms with E-state index in [2.05, 4.69) is 5.38 Å². The Morgan fingerprint density at radius 3 is 2.94 bits per heavy atom. The molecule has 0 aliphatic carbocycles. The van der Waals surface area contributed by atoms with E-state index < -0.39 is 0 Å². The van der Waals surface area contributed by atoms with Crippen molar-refractivity contribution < 1.29 is 9.47 Å². The molecule has 0 unspecified atom stereocenters. The molecular formula is C12H18ClNO2S. The molecule has 3 nitrogen and oxygen atoms in total. The Hall–Kier alpha value is -0.160. The SMILES string of the molecule is COC1(c2nc(CCCCl)cs2)CCOCC1. The molecule has 1 saturated heterocycles. The highest BCUT2D eigenvalue weighted by Crippen LogP contribution is 2.37. The second-order valence-electron chi connectivity index (χ2n) is 4.25. The molecule has 2 rings (SSSR count). The summed E-state index contributed by atoms with van der Waals surface area (Å²) < 4.78 is 11.1. The number of nitrogens with zero attached hydrogens (tertiary/aromatic N) is 1. The van der Waals surface area contributed by atoms with Gasteiger partial charge in [0.1, 0.15) is 10.6 Å². The number of ether oxygens (including phenoxy) is 2. The third kappa shape index (κ3) is 2.99. The molecule has 1 aliphatic heterocycles. The fourth-order valence-electron chi connectivity index (χ4n) is 2.09. The number of hydrogen-bond acceptors (Lipinski definition) is 4. The quantitative estimate of drug-likeness (QED) is 0.774. The summed E-state index contributed by atoms with van der Waals surface area (Å²) in [6.45, 7) is 1.51. The highest BCUT2D eigenvalue weighted by atomic mass is 35.5. The van der Waals surface area contributed by atoms with Crippen LogP contribution in [0.15, 0.2) is 5.38 Å². The maximum Gasteiger partial charge on any atom is 0.125 e. The molecule has 0 amide bonds. The summed E-state index contributed by atoms with van der Waals surface area (Å²) in [4.78, 5) is 4.69. The van der Waals surface area contributed by atoms with Crippen LogP contribution >= 0.6 is 22.9 Å². The van der Waals surface area contributed by atoms with Crippen LogP contribution in [0.25, 0.3) is 0 Å². The van der Waals surface area contributed by atoms with Crippen LogP contribution < -0.4 is 0 Å². The largest absolute Gasteiger partial charge is 0.381 e. The van der Waals surface area contributed by atoms with Crippen molar-refractivity contribution in [2.75, 3.05) is 26.2 Å². The minimum absolute atomic E-state index is 0.220. The summed E-state index contributed by atoms with van der Waals surface area (Å²) in [5.74, 6) is 0.691. The van der Waals surface area contributed by atoms with E-state index in [1.807, 2.05) is 0 Å². The van der Waals surface area contributed by atoms with Gasteiger partial charge in [-0.05, 0) is 12.8 Å². The van der Waals surface area contributed by atoms with Crippen LogP contribution in [0.5, 0.6) is 0 Å². The molecule has 0 bridgehead atoms. The van der Waals surface area contributed by atoms with Crippen molar-refractivity contribution in [2.24, 2.45) is 0 Å². The lowest BCUT2D eigenvalue weighted by Crippen LogP contribution is -2.35. The van der Waals surface area contributed by atoms with E-state index in [4.69, 9.17) is 26.1 Å². The summed E-state index contributed by atoms with van der Waals surface area (Å²) >= 11 is 7.39. The lowest BCUT2D eigenvalue weighted by molar-refractivity contribution is -0.0948. The molecule has 0 spiro atoms. The van der Waals surface area contributed by atoms with Crippen LogP contribution in [0.2, 0.25) is 0 Å². The zero-order valence-electron chi connectivity index (χ0n) is 10.1. The molecule has 1 fully saturated rings. The van der Waals surface area contributed by atoms with Gasteiger partial charge in [0.25, 0.3) is 0 Å². The van der Waals surface area contributed by atoms with E-state index in [0.717, 1.165) is 49.6 Å². The first kappa shape index (κ1) is 13.3. The first-order valence-corrected chi connectivity index (χ1v) is 7.36. The molecular weight excluding hydrogens is 258 g/mol. The number of aryl methyl sites for hydroxylation is 1. The minimum atomic E-state index is -0.220. The minimum Gasteiger partial charge on any atom is -0.381 e. The smallest absolute Gasteiger partial charge is 0.125 e. The molecule has 1 aliphatic rings. The normalized spacial score (nSPS) is 19.4. The zero-order chi connectivity index (χ0) is 12.1. The van der Waals surface area contributed by atoms with E-state index in [1.54, 1.807) is 18.4 Å². The first-order chi connectivity index (χ1) is 8.30. The fourth-order valence-corrected chi connectivity index (χ4v) is 3.31. The number of alkyl halides is 1. The van der Waals surface area contributed by atoms with Gasteiger partial charge in [-0.1, -0.05) is 0 Å². The van der Waals surface area contributed by atoms with Crippen molar-refractivity contribution in [3.8, 4) is 0 Å². The van der Waals surface area contributed by atoms with E-state index in [-0.39, 0.29) is 5.60 Å². The average molecular weight is 276 g/mol. The predicted molar refractivity (Wildman–Crippen MR) is 69.9 cm³/mol. The van der Waals surface area contributed by atoms with Crippen LogP contribution in [0.1, 0.15) is 30.0 Å². The van der Waals surface area contributed by atoms with Gasteiger partial charge < -0.3 is 9.47 Å². The van der Waals surface area contributed by atoms with Crippen LogP contribution in [0.3, 0.4) is 0 Å². The Morgan fingerprint density at radius 2 is 2.29 bits per heavy atom. The standard InChI is InChI=1S/C12H18ClNO2S/c1-15-12(4-7-16-8-5-12)11-14-10(9-17-11)3-2-6-13/h9H,2-8H2,1H3. The molecule has 0 aromatic carbocycles. The van der Waals surface area contributed by atoms with Crippen molar-refractivity contribution >= 4 is 22.9 Å². The molecule has 0 radical (unpaired) electrons. The van der Waals surface area contributed by atoms with Gasteiger partial charge in [0.05, 0.1) is 5.69 Å². The van der Waals surface area contributed by atoms with Gasteiger partial charge in [0.2, 0.25) is 0 Å². The number of thiazole rings is 1. The Labute approximate surface area is 111 Å². The van der Waals surface area contributed by atoms with Crippen LogP contribution in [-0.2, 0) is 21.5 Å². The van der Waals surface area contributed by atoms with Crippen LogP contribution in [0.4, 0.5) is 0 Å². The third-order valence-corrected chi connectivity index (χ3v) is 4.54. The van der Waals surface area contributed by atoms with Gasteiger partial charge in [0, 0.05) is 44.4 Å². The van der Waals surface area contributed by atoms with Crippen molar-refractivity contribution in [3.05, 3.63) is 16.1 Å². The lowest BCUT2D eigenvalue weighted by Gasteiger charge is -2.33. The van der Waals surface area contributed by atoms with Gasteiger partial charge >= 0.3 is 0 Å². The molecule has 5 heteroatoms. The summed E-state index contributed by atoms with van der Waals surface area (Å²) in [6.07, 6.45) is 3.72. The molecule has 17 heavy (non-hydrogen) atoms. The number of methoxy groups -OCH3 is 1. The Bertz CT molecular complexity index is 350. The number of halogens is 1. The Balaban J connectivity index is 2.10. The highest BCUT2D eigenvalue weighted by Gasteiger charge is 2.37. The van der Waals surface area contributed by atoms with E-state index in [1.165, 1.54) is 0 Å². The monoisotopic (exact) mass is 275 g/mol. The Morgan fingerprint density at radius 1 is 1.53 bits per heavy atom. The Kier molecular flexibility index (Phi) is 4.79. The maximum absolute atomic E-state index is 5.72. The van der Waals surface area contributed by atoms with E-state index in [0.29, 0.717) is 5.88 Å². The maximum atomic E-state index is 5.72. The van der Waals surface area contributed by atoms with Gasteiger partial charge in [-0.3, -0.25) is 0 Å². The average Bonchev–Trinajstić information content (AvgIpc) is 2.86. The van der Waals surface area contributed by atoms with Crippen molar-refractivity contribution in [3.63, 3.8) is 0 Å². The summed E-state index contributed by atoms with van der Waals surface area (Å²) in [5, 5.41) is 3.21. The molecule has 2 heterocycles. The molecule has 1 aromatic rings. The topological polar surface area (TPSA) is 31.4 Å². The summed E-state index contributed by atoms with van der Waals surface area (Å²) in [7, 11) is 1.77. The molecule has 96 valence electrons. The molecule has 1 aromatic heterocycles. The third-order valence-electron chi connectivity index (χ3n) is 3.20. The predicted octanol–water partition coefficient (Wildman–Crippen LogP) is 2.97. The van der Waals surface area contributed by atoms with E-state index >= 15 is 0 Å². The lowest BCUT2D eigenvalue weighted by atomic mass is 9.95. The van der Waals surface area contributed by atoms with Crippen molar-refractivity contribution in [1.82, 2.24) is 4.98 Å². The molecule has 0 atom stereocenters. The van der Waals surface area contributed by atoms with Crippen LogP contribution in [0, 0.1) is 0 Å². The molecule has 0 N–H and O–H groups in total. The highest BCUT2D eigenvalue weighted by molar-refractivity contribution is 7.09. The van der Waals surface area contributed by atoms with Gasteiger partial charge in [-0.2, -0.15) is 0 Å². The zero-order valence-corrected chi connectivity index (χ0v) is 11.6. The number of hydrogen-bond donors (Lipinski definition) is 0. The van der Waals surface area contributed by atoms with Gasteiger partial charge in [0.15, 0.2) is 0 Å². The van der Waals surface area contributed by atoms with Crippen LogP contribution in [-0.4, -0.2) is 31.2 Å². The molecule has 0 saturated carbocycles. The number of aromatic nitrogens is 1. The second kappa shape index (κ2) is 6.14. The fraction of sp³-hybridized carbons (Fsp3) is 0.750. The second-order valence-corrected chi connectivity index (χ2v) is 5.48. The number of rotatable bonds is 5. The van der Waals surface area contributed by atoms with Crippen molar-refractivity contribution in [2.45, 2.75) is 31.3 Å². The van der Waals surface area contributed by atoms with Gasteiger partial charge in [-0.25, -0.2) is 4.98 Å². The van der Waals surface area contributed by atoms with Crippen molar-refractivity contribution in [1.29, 1.82) is 0 Å². The summed E-state index contributed by atoms with van der Waals surface area (Å²) in [6, 6.07) is 0. The van der Waals surface area contributed by atoms with E-state index in [9.17, 15) is 0 Å².